The first kappa shape index (κ1) is 13.1. The van der Waals surface area contributed by atoms with Gasteiger partial charge in [0.05, 0.1) is 5.69 Å². The SMILES string of the molecule is CCc1ccc([C@H]2Nc3ccccc3S(=O)(=O)N2)cc1. The minimum Gasteiger partial charge on any atom is -0.364 e. The molecule has 1 heterocycles. The molecule has 0 fully saturated rings. The molecule has 0 aliphatic carbocycles. The Morgan fingerprint density at radius 2 is 1.75 bits per heavy atom. The highest BCUT2D eigenvalue weighted by molar-refractivity contribution is 7.89. The molecule has 20 heavy (non-hydrogen) atoms. The van der Waals surface area contributed by atoms with Gasteiger partial charge in [0.25, 0.3) is 0 Å². The van der Waals surface area contributed by atoms with E-state index >= 15 is 0 Å². The molecule has 0 spiro atoms. The molecule has 2 N–H and O–H groups in total. The van der Waals surface area contributed by atoms with Gasteiger partial charge in [0.15, 0.2) is 0 Å². The van der Waals surface area contributed by atoms with E-state index in [1.807, 2.05) is 30.3 Å². The summed E-state index contributed by atoms with van der Waals surface area (Å²) in [5, 5.41) is 3.22. The van der Waals surface area contributed by atoms with Crippen molar-refractivity contribution in [1.82, 2.24) is 4.72 Å². The molecule has 0 bridgehead atoms. The Bertz CT molecular complexity index is 724. The zero-order valence-electron chi connectivity index (χ0n) is 11.1. The summed E-state index contributed by atoms with van der Waals surface area (Å²) in [4.78, 5) is 0.293. The van der Waals surface area contributed by atoms with Gasteiger partial charge >= 0.3 is 0 Å². The fraction of sp³-hybridized carbons (Fsp3) is 0.200. The zero-order valence-corrected chi connectivity index (χ0v) is 11.9. The first-order valence-corrected chi connectivity index (χ1v) is 8.05. The molecule has 0 unspecified atom stereocenters. The molecule has 104 valence electrons. The lowest BCUT2D eigenvalue weighted by atomic mass is 10.1. The fourth-order valence-corrected chi connectivity index (χ4v) is 3.63. The van der Waals surface area contributed by atoms with Crippen LogP contribution < -0.4 is 10.0 Å². The molecule has 0 aromatic heterocycles. The number of rotatable bonds is 2. The second kappa shape index (κ2) is 4.92. The van der Waals surface area contributed by atoms with Crippen LogP contribution in [0.15, 0.2) is 53.4 Å². The highest BCUT2D eigenvalue weighted by atomic mass is 32.2. The minimum atomic E-state index is -3.47. The van der Waals surface area contributed by atoms with Crippen molar-refractivity contribution in [1.29, 1.82) is 0 Å². The van der Waals surface area contributed by atoms with Crippen molar-refractivity contribution in [3.05, 3.63) is 59.7 Å². The van der Waals surface area contributed by atoms with Crippen LogP contribution in [0, 0.1) is 0 Å². The molecule has 1 aliphatic rings. The van der Waals surface area contributed by atoms with Crippen molar-refractivity contribution in [2.75, 3.05) is 5.32 Å². The Hall–Kier alpha value is -1.85. The Morgan fingerprint density at radius 3 is 2.45 bits per heavy atom. The largest absolute Gasteiger partial charge is 0.364 e. The van der Waals surface area contributed by atoms with Crippen LogP contribution in [0.3, 0.4) is 0 Å². The summed E-state index contributed by atoms with van der Waals surface area (Å²) in [6.07, 6.45) is 0.535. The molecule has 1 atom stereocenters. The van der Waals surface area contributed by atoms with Crippen LogP contribution in [0.25, 0.3) is 0 Å². The molecule has 0 saturated heterocycles. The van der Waals surface area contributed by atoms with Crippen molar-refractivity contribution in [2.24, 2.45) is 0 Å². The smallest absolute Gasteiger partial charge is 0.244 e. The molecule has 4 nitrogen and oxygen atoms in total. The van der Waals surface area contributed by atoms with E-state index in [0.717, 1.165) is 12.0 Å². The van der Waals surface area contributed by atoms with Crippen LogP contribution >= 0.6 is 0 Å². The third-order valence-electron chi connectivity index (χ3n) is 3.47. The van der Waals surface area contributed by atoms with E-state index in [4.69, 9.17) is 0 Å². The van der Waals surface area contributed by atoms with Gasteiger partial charge in [0, 0.05) is 0 Å². The highest BCUT2D eigenvalue weighted by Crippen LogP contribution is 2.30. The number of fused-ring (bicyclic) bond motifs is 1. The second-order valence-electron chi connectivity index (χ2n) is 4.79. The first-order chi connectivity index (χ1) is 9.60. The number of nitrogens with one attached hydrogen (secondary N) is 2. The average Bonchev–Trinajstić information content (AvgIpc) is 2.47. The summed E-state index contributed by atoms with van der Waals surface area (Å²) in [5.41, 5.74) is 2.77. The Morgan fingerprint density at radius 1 is 1.05 bits per heavy atom. The number of aryl methyl sites for hydroxylation is 1. The molecule has 1 aliphatic heterocycles. The van der Waals surface area contributed by atoms with Gasteiger partial charge in [-0.3, -0.25) is 0 Å². The fourth-order valence-electron chi connectivity index (χ4n) is 2.32. The van der Waals surface area contributed by atoms with Crippen molar-refractivity contribution in [3.63, 3.8) is 0 Å². The molecule has 0 amide bonds. The lowest BCUT2D eigenvalue weighted by Crippen LogP contribution is -2.38. The van der Waals surface area contributed by atoms with Gasteiger partial charge in [-0.15, -0.1) is 0 Å². The monoisotopic (exact) mass is 288 g/mol. The van der Waals surface area contributed by atoms with Crippen molar-refractivity contribution >= 4 is 15.7 Å². The Labute approximate surface area is 118 Å². The predicted octanol–water partition coefficient (Wildman–Crippen LogP) is 2.65. The lowest BCUT2D eigenvalue weighted by molar-refractivity contribution is 0.562. The summed E-state index contributed by atoms with van der Waals surface area (Å²) in [5.74, 6) is 0. The molecule has 2 aromatic rings. The highest BCUT2D eigenvalue weighted by Gasteiger charge is 2.29. The van der Waals surface area contributed by atoms with Crippen LogP contribution in [-0.4, -0.2) is 8.42 Å². The van der Waals surface area contributed by atoms with E-state index in [2.05, 4.69) is 17.0 Å². The molecule has 0 saturated carbocycles. The van der Waals surface area contributed by atoms with E-state index in [1.54, 1.807) is 18.2 Å². The van der Waals surface area contributed by atoms with Crippen molar-refractivity contribution in [2.45, 2.75) is 24.4 Å². The number of hydrogen-bond donors (Lipinski definition) is 2. The molecule has 0 radical (unpaired) electrons. The van der Waals surface area contributed by atoms with Crippen LogP contribution in [0.1, 0.15) is 24.2 Å². The third-order valence-corrected chi connectivity index (χ3v) is 4.95. The molecule has 2 aromatic carbocycles. The number of para-hydroxylation sites is 1. The maximum atomic E-state index is 12.2. The first-order valence-electron chi connectivity index (χ1n) is 6.57. The number of anilines is 1. The topological polar surface area (TPSA) is 58.2 Å². The van der Waals surface area contributed by atoms with Crippen LogP contribution in [-0.2, 0) is 16.4 Å². The summed E-state index contributed by atoms with van der Waals surface area (Å²) >= 11 is 0. The van der Waals surface area contributed by atoms with E-state index in [0.29, 0.717) is 10.6 Å². The Kier molecular flexibility index (Phi) is 3.23. The predicted molar refractivity (Wildman–Crippen MR) is 78.9 cm³/mol. The quantitative estimate of drug-likeness (QED) is 0.893. The second-order valence-corrected chi connectivity index (χ2v) is 6.47. The third kappa shape index (κ3) is 2.30. The summed E-state index contributed by atoms with van der Waals surface area (Å²) < 4.78 is 27.1. The molecular weight excluding hydrogens is 272 g/mol. The van der Waals surface area contributed by atoms with Gasteiger partial charge < -0.3 is 5.32 Å². The van der Waals surface area contributed by atoms with Gasteiger partial charge in [0.1, 0.15) is 11.1 Å². The Balaban J connectivity index is 1.98. The van der Waals surface area contributed by atoms with Crippen LogP contribution in [0.5, 0.6) is 0 Å². The number of benzene rings is 2. The van der Waals surface area contributed by atoms with Gasteiger partial charge in [-0.1, -0.05) is 43.3 Å². The summed E-state index contributed by atoms with van der Waals surface area (Å²) in [6.45, 7) is 2.09. The van der Waals surface area contributed by atoms with Gasteiger partial charge in [-0.25, -0.2) is 8.42 Å². The van der Waals surface area contributed by atoms with Gasteiger partial charge in [-0.2, -0.15) is 4.72 Å². The van der Waals surface area contributed by atoms with Crippen LogP contribution in [0.4, 0.5) is 5.69 Å². The van der Waals surface area contributed by atoms with Crippen LogP contribution in [0.2, 0.25) is 0 Å². The summed E-state index contributed by atoms with van der Waals surface area (Å²) in [6, 6.07) is 14.9. The molecule has 5 heteroatoms. The van der Waals surface area contributed by atoms with E-state index in [-0.39, 0.29) is 0 Å². The standard InChI is InChI=1S/C15H16N2O2S/c1-2-11-7-9-12(10-8-11)15-16-13-5-3-4-6-14(13)20(18,19)17-15/h3-10,15-17H,2H2,1H3/t15-/m0/s1. The molecular formula is C15H16N2O2S. The lowest BCUT2D eigenvalue weighted by Gasteiger charge is -2.28. The average molecular weight is 288 g/mol. The normalized spacial score (nSPS) is 19.9. The van der Waals surface area contributed by atoms with E-state index in [9.17, 15) is 8.42 Å². The molecule has 3 rings (SSSR count). The van der Waals surface area contributed by atoms with Gasteiger partial charge in [-0.05, 0) is 29.7 Å². The zero-order chi connectivity index (χ0) is 14.2. The maximum absolute atomic E-state index is 12.2. The van der Waals surface area contributed by atoms with Crippen molar-refractivity contribution in [3.8, 4) is 0 Å². The van der Waals surface area contributed by atoms with E-state index in [1.165, 1.54) is 5.56 Å². The van der Waals surface area contributed by atoms with Crippen molar-refractivity contribution < 1.29 is 8.42 Å². The van der Waals surface area contributed by atoms with E-state index < -0.39 is 16.2 Å². The number of hydrogen-bond acceptors (Lipinski definition) is 3. The minimum absolute atomic E-state index is 0.293. The maximum Gasteiger partial charge on any atom is 0.244 e. The number of sulfonamides is 1. The van der Waals surface area contributed by atoms with Gasteiger partial charge in [0.2, 0.25) is 10.0 Å². The summed E-state index contributed by atoms with van der Waals surface area (Å²) in [7, 11) is -3.47.